The lowest BCUT2D eigenvalue weighted by Gasteiger charge is -2.10. The molecule has 0 aliphatic heterocycles. The van der Waals surface area contributed by atoms with E-state index in [0.717, 1.165) is 7.11 Å². The number of aliphatic hydroxyl groups is 1. The normalized spacial score (nSPS) is 12.3. The Morgan fingerprint density at radius 3 is 2.53 bits per heavy atom. The zero-order chi connectivity index (χ0) is 11.6. The highest BCUT2D eigenvalue weighted by molar-refractivity contribution is 5.76. The second-order valence-electron chi connectivity index (χ2n) is 2.75. The average molecular weight is 218 g/mol. The van der Waals surface area contributed by atoms with Crippen molar-refractivity contribution in [2.45, 2.75) is 6.10 Å². The highest BCUT2D eigenvalue weighted by atomic mass is 19.1. The quantitative estimate of drug-likeness (QED) is 0.723. The summed E-state index contributed by atoms with van der Waals surface area (Å²) < 4.78 is 30.0. The predicted molar refractivity (Wildman–Crippen MR) is 45.0 cm³/mol. The predicted octanol–water partition coefficient (Wildman–Crippen LogP) is 0.877. The molecule has 0 radical (unpaired) electrons. The van der Waals surface area contributed by atoms with E-state index in [0.29, 0.717) is 12.1 Å². The van der Waals surface area contributed by atoms with E-state index >= 15 is 0 Å². The lowest BCUT2D eigenvalue weighted by molar-refractivity contribution is -0.150. The van der Waals surface area contributed by atoms with E-state index < -0.39 is 35.0 Å². The summed E-state index contributed by atoms with van der Waals surface area (Å²) >= 11 is 0. The third-order valence-electron chi connectivity index (χ3n) is 1.79. The fraction of sp³-hybridized carbons (Fsp3) is 0.222. The molecule has 0 fully saturated rings. The van der Waals surface area contributed by atoms with Crippen LogP contribution in [0.1, 0.15) is 11.7 Å². The van der Waals surface area contributed by atoms with E-state index in [1.165, 1.54) is 0 Å². The Morgan fingerprint density at radius 1 is 1.40 bits per heavy atom. The first-order chi connectivity index (χ1) is 6.97. The summed E-state index contributed by atoms with van der Waals surface area (Å²) in [6.07, 6.45) is -1.91. The summed E-state index contributed by atoms with van der Waals surface area (Å²) in [6.45, 7) is 0. The molecule has 82 valence electrons. The Kier molecular flexibility index (Phi) is 3.21. The summed E-state index contributed by atoms with van der Waals surface area (Å²) in [6, 6.07) is 1.00. The van der Waals surface area contributed by atoms with Crippen LogP contribution in [0.5, 0.6) is 5.75 Å². The van der Waals surface area contributed by atoms with Gasteiger partial charge in [-0.15, -0.1) is 0 Å². The van der Waals surface area contributed by atoms with Crippen molar-refractivity contribution in [3.63, 3.8) is 0 Å². The third-order valence-corrected chi connectivity index (χ3v) is 1.79. The number of aliphatic hydroxyl groups excluding tert-OH is 1. The van der Waals surface area contributed by atoms with Crippen molar-refractivity contribution >= 4 is 5.97 Å². The SMILES string of the molecule is COC(=O)C(O)c1cc(F)c(O)cc1F. The van der Waals surface area contributed by atoms with Gasteiger partial charge in [-0.2, -0.15) is 0 Å². The molecule has 1 unspecified atom stereocenters. The monoisotopic (exact) mass is 218 g/mol. The van der Waals surface area contributed by atoms with Crippen molar-refractivity contribution in [2.75, 3.05) is 7.11 Å². The van der Waals surface area contributed by atoms with E-state index in [1.54, 1.807) is 0 Å². The molecule has 1 rings (SSSR count). The maximum atomic E-state index is 13.1. The molecular formula is C9H8F2O4. The van der Waals surface area contributed by atoms with Crippen molar-refractivity contribution in [1.29, 1.82) is 0 Å². The summed E-state index contributed by atoms with van der Waals surface area (Å²) in [5.74, 6) is -4.23. The number of halogens is 2. The second kappa shape index (κ2) is 4.22. The Bertz CT molecular complexity index is 392. The van der Waals surface area contributed by atoms with Gasteiger partial charge in [0.25, 0.3) is 0 Å². The van der Waals surface area contributed by atoms with Crippen molar-refractivity contribution in [3.05, 3.63) is 29.3 Å². The van der Waals surface area contributed by atoms with Gasteiger partial charge in [0.05, 0.1) is 7.11 Å². The Balaban J connectivity index is 3.14. The lowest BCUT2D eigenvalue weighted by atomic mass is 10.1. The highest BCUT2D eigenvalue weighted by Gasteiger charge is 2.23. The number of carbonyl (C=O) groups excluding carboxylic acids is 1. The molecule has 0 spiro atoms. The molecule has 0 amide bonds. The van der Waals surface area contributed by atoms with E-state index in [-0.39, 0.29) is 0 Å². The van der Waals surface area contributed by atoms with E-state index in [4.69, 9.17) is 5.11 Å². The van der Waals surface area contributed by atoms with Crippen molar-refractivity contribution in [2.24, 2.45) is 0 Å². The zero-order valence-electron chi connectivity index (χ0n) is 7.70. The molecule has 0 aliphatic carbocycles. The van der Waals surface area contributed by atoms with Gasteiger partial charge in [0.1, 0.15) is 5.82 Å². The van der Waals surface area contributed by atoms with Gasteiger partial charge >= 0.3 is 5.97 Å². The first kappa shape index (κ1) is 11.4. The molecule has 1 aromatic carbocycles. The van der Waals surface area contributed by atoms with Gasteiger partial charge in [-0.1, -0.05) is 0 Å². The molecule has 1 atom stereocenters. The first-order valence-corrected chi connectivity index (χ1v) is 3.91. The molecule has 0 heterocycles. The number of carbonyl (C=O) groups is 1. The fourth-order valence-electron chi connectivity index (χ4n) is 1.000. The molecule has 15 heavy (non-hydrogen) atoms. The van der Waals surface area contributed by atoms with Crippen LogP contribution in [0.25, 0.3) is 0 Å². The summed E-state index contributed by atoms with van der Waals surface area (Å²) in [5.41, 5.74) is -0.586. The van der Waals surface area contributed by atoms with Crippen molar-refractivity contribution < 1.29 is 28.5 Å². The summed E-state index contributed by atoms with van der Waals surface area (Å²) in [5, 5.41) is 18.0. The molecule has 6 heteroatoms. The number of aromatic hydroxyl groups is 1. The molecule has 0 aromatic heterocycles. The van der Waals surface area contributed by atoms with Gasteiger partial charge < -0.3 is 14.9 Å². The van der Waals surface area contributed by atoms with Gasteiger partial charge in [0.2, 0.25) is 0 Å². The molecule has 0 saturated carbocycles. The number of benzene rings is 1. The summed E-state index contributed by atoms with van der Waals surface area (Å²) in [7, 11) is 1.00. The Labute approximate surface area is 83.7 Å². The molecule has 0 bridgehead atoms. The van der Waals surface area contributed by atoms with Crippen LogP contribution in [-0.4, -0.2) is 23.3 Å². The minimum absolute atomic E-state index is 0.469. The van der Waals surface area contributed by atoms with Gasteiger partial charge in [0.15, 0.2) is 17.7 Å². The van der Waals surface area contributed by atoms with Gasteiger partial charge in [-0.05, 0) is 6.07 Å². The van der Waals surface area contributed by atoms with E-state index in [9.17, 15) is 18.7 Å². The first-order valence-electron chi connectivity index (χ1n) is 3.91. The van der Waals surface area contributed by atoms with Crippen LogP contribution < -0.4 is 0 Å². The van der Waals surface area contributed by atoms with Crippen molar-refractivity contribution in [1.82, 2.24) is 0 Å². The molecule has 0 saturated heterocycles. The molecule has 4 nitrogen and oxygen atoms in total. The van der Waals surface area contributed by atoms with Crippen molar-refractivity contribution in [3.8, 4) is 5.75 Å². The van der Waals surface area contributed by atoms with Gasteiger partial charge in [-0.25, -0.2) is 13.6 Å². The molecule has 2 N–H and O–H groups in total. The Morgan fingerprint density at radius 2 is 2.00 bits per heavy atom. The number of rotatable bonds is 2. The fourth-order valence-corrected chi connectivity index (χ4v) is 1.000. The molecule has 1 aromatic rings. The largest absolute Gasteiger partial charge is 0.505 e. The third kappa shape index (κ3) is 2.21. The van der Waals surface area contributed by atoms with Crippen LogP contribution in [0.15, 0.2) is 12.1 Å². The number of hydrogen-bond acceptors (Lipinski definition) is 4. The average Bonchev–Trinajstić information content (AvgIpc) is 2.21. The second-order valence-corrected chi connectivity index (χ2v) is 2.75. The van der Waals surface area contributed by atoms with E-state index in [1.807, 2.05) is 0 Å². The smallest absolute Gasteiger partial charge is 0.339 e. The van der Waals surface area contributed by atoms with Crippen LogP contribution in [0, 0.1) is 11.6 Å². The number of phenols is 1. The lowest BCUT2D eigenvalue weighted by Crippen LogP contribution is -2.15. The van der Waals surface area contributed by atoms with Crippen LogP contribution in [0.2, 0.25) is 0 Å². The maximum absolute atomic E-state index is 13.1. The van der Waals surface area contributed by atoms with Crippen LogP contribution in [0.3, 0.4) is 0 Å². The van der Waals surface area contributed by atoms with Gasteiger partial charge in [-0.3, -0.25) is 0 Å². The number of methoxy groups -OCH3 is 1. The number of phenolic OH excluding ortho intramolecular Hbond substituents is 1. The topological polar surface area (TPSA) is 66.8 Å². The van der Waals surface area contributed by atoms with E-state index in [2.05, 4.69) is 4.74 Å². The zero-order valence-corrected chi connectivity index (χ0v) is 7.70. The van der Waals surface area contributed by atoms with Gasteiger partial charge in [0, 0.05) is 11.6 Å². The standard InChI is InChI=1S/C9H8F2O4/c1-15-9(14)8(13)4-2-6(11)7(12)3-5(4)10/h2-3,8,12-13H,1H3. The Hall–Kier alpha value is -1.69. The number of ether oxygens (including phenoxy) is 1. The minimum atomic E-state index is -1.91. The molecular weight excluding hydrogens is 210 g/mol. The number of hydrogen-bond donors (Lipinski definition) is 2. The maximum Gasteiger partial charge on any atom is 0.339 e. The minimum Gasteiger partial charge on any atom is -0.505 e. The number of esters is 1. The van der Waals surface area contributed by atoms with Crippen LogP contribution >= 0.6 is 0 Å². The highest BCUT2D eigenvalue weighted by Crippen LogP contribution is 2.25. The molecule has 0 aliphatic rings. The van der Waals surface area contributed by atoms with Crippen LogP contribution in [-0.2, 0) is 9.53 Å². The van der Waals surface area contributed by atoms with Crippen LogP contribution in [0.4, 0.5) is 8.78 Å². The summed E-state index contributed by atoms with van der Waals surface area (Å²) in [4.78, 5) is 10.8.